The van der Waals surface area contributed by atoms with E-state index in [1.54, 1.807) is 0 Å². The lowest BCUT2D eigenvalue weighted by molar-refractivity contribution is -0.146. The number of nitrogens with zero attached hydrogens (tertiary/aromatic N) is 1. The molecule has 0 aliphatic heterocycles. The molecule has 1 aliphatic rings. The summed E-state index contributed by atoms with van der Waals surface area (Å²) in [5.74, 6) is 0.721. The maximum Gasteiger partial charge on any atom is 0.322 e. The van der Waals surface area contributed by atoms with Gasteiger partial charge in [-0.25, -0.2) is 0 Å². The largest absolute Gasteiger partial charge is 0.468 e. The molecule has 0 N–H and O–H groups in total. The van der Waals surface area contributed by atoms with Gasteiger partial charge in [-0.2, -0.15) is 0 Å². The number of rotatable bonds is 3. The van der Waals surface area contributed by atoms with E-state index < -0.39 is 0 Å². The van der Waals surface area contributed by atoms with Crippen LogP contribution in [0.4, 0.5) is 0 Å². The van der Waals surface area contributed by atoms with Crippen molar-refractivity contribution >= 4 is 5.97 Å². The third kappa shape index (κ3) is 3.20. The molecule has 1 aliphatic carbocycles. The molecule has 88 valence electrons. The Labute approximate surface area is 92.8 Å². The Bertz CT molecular complexity index is 210. The normalized spacial score (nSPS) is 28.9. The number of hydrogen-bond donors (Lipinski definition) is 0. The monoisotopic (exact) mass is 213 g/mol. The lowest BCUT2D eigenvalue weighted by Gasteiger charge is -2.36. The second-order valence-corrected chi connectivity index (χ2v) is 4.78. The first kappa shape index (κ1) is 12.5. The van der Waals surface area contributed by atoms with Gasteiger partial charge >= 0.3 is 5.97 Å². The predicted molar refractivity (Wildman–Crippen MR) is 60.7 cm³/mol. The Morgan fingerprint density at radius 3 is 2.33 bits per heavy atom. The molecule has 0 radical (unpaired) electrons. The highest BCUT2D eigenvalue weighted by Gasteiger charge is 2.28. The summed E-state index contributed by atoms with van der Waals surface area (Å²) >= 11 is 0. The average Bonchev–Trinajstić information content (AvgIpc) is 2.27. The maximum absolute atomic E-state index is 11.4. The fourth-order valence-corrected chi connectivity index (χ4v) is 2.30. The number of methoxy groups -OCH3 is 1. The van der Waals surface area contributed by atoms with E-state index in [-0.39, 0.29) is 12.0 Å². The molecule has 3 heteroatoms. The number of carbonyl (C=O) groups excluding carboxylic acids is 1. The fourth-order valence-electron chi connectivity index (χ4n) is 2.30. The maximum atomic E-state index is 11.4. The van der Waals surface area contributed by atoms with E-state index in [2.05, 4.69) is 11.8 Å². The Hall–Kier alpha value is -0.570. The summed E-state index contributed by atoms with van der Waals surface area (Å²) in [6.07, 6.45) is 4.98. The zero-order valence-electron chi connectivity index (χ0n) is 10.3. The molecule has 0 bridgehead atoms. The molecule has 0 heterocycles. The van der Waals surface area contributed by atoms with Crippen molar-refractivity contribution in [3.63, 3.8) is 0 Å². The van der Waals surface area contributed by atoms with Gasteiger partial charge in [-0.15, -0.1) is 0 Å². The van der Waals surface area contributed by atoms with Crippen LogP contribution in [0.2, 0.25) is 0 Å². The molecular weight excluding hydrogens is 190 g/mol. The van der Waals surface area contributed by atoms with E-state index in [9.17, 15) is 4.79 Å². The van der Waals surface area contributed by atoms with Gasteiger partial charge in [-0.1, -0.05) is 6.92 Å². The van der Waals surface area contributed by atoms with Crippen LogP contribution in [0.5, 0.6) is 0 Å². The van der Waals surface area contributed by atoms with Gasteiger partial charge in [0.15, 0.2) is 0 Å². The molecule has 0 aromatic carbocycles. The Balaban J connectivity index is 2.45. The zero-order valence-corrected chi connectivity index (χ0v) is 10.3. The van der Waals surface area contributed by atoms with Crippen LogP contribution in [0, 0.1) is 5.92 Å². The summed E-state index contributed by atoms with van der Waals surface area (Å²) in [7, 11) is 3.48. The molecule has 0 aromatic rings. The van der Waals surface area contributed by atoms with Gasteiger partial charge in [0, 0.05) is 6.04 Å². The molecule has 1 atom stereocenters. The number of likely N-dealkylation sites (N-methyl/N-ethyl adjacent to an activating group) is 1. The molecule has 1 unspecified atom stereocenters. The molecule has 1 fully saturated rings. The molecule has 0 spiro atoms. The summed E-state index contributed by atoms with van der Waals surface area (Å²) in [5.41, 5.74) is 0. The molecule has 0 saturated heterocycles. The van der Waals surface area contributed by atoms with E-state index in [0.717, 1.165) is 5.92 Å². The minimum atomic E-state index is -0.129. The zero-order chi connectivity index (χ0) is 11.4. The van der Waals surface area contributed by atoms with Gasteiger partial charge in [0.25, 0.3) is 0 Å². The van der Waals surface area contributed by atoms with E-state index in [1.807, 2.05) is 14.0 Å². The van der Waals surface area contributed by atoms with Gasteiger partial charge in [-0.05, 0) is 45.6 Å². The molecular formula is C12H23NO2. The van der Waals surface area contributed by atoms with E-state index in [0.29, 0.717) is 6.04 Å². The van der Waals surface area contributed by atoms with Crippen molar-refractivity contribution in [3.8, 4) is 0 Å². The van der Waals surface area contributed by atoms with Crippen molar-refractivity contribution in [1.82, 2.24) is 4.90 Å². The number of ether oxygens (including phenoxy) is 1. The van der Waals surface area contributed by atoms with Crippen molar-refractivity contribution < 1.29 is 9.53 Å². The molecule has 15 heavy (non-hydrogen) atoms. The van der Waals surface area contributed by atoms with Crippen LogP contribution < -0.4 is 0 Å². The average molecular weight is 213 g/mol. The van der Waals surface area contributed by atoms with Crippen LogP contribution in [0.25, 0.3) is 0 Å². The lowest BCUT2D eigenvalue weighted by Crippen LogP contribution is -2.44. The highest BCUT2D eigenvalue weighted by atomic mass is 16.5. The number of carbonyl (C=O) groups is 1. The molecule has 0 amide bonds. The van der Waals surface area contributed by atoms with E-state index >= 15 is 0 Å². The minimum Gasteiger partial charge on any atom is -0.468 e. The van der Waals surface area contributed by atoms with Crippen molar-refractivity contribution in [1.29, 1.82) is 0 Å². The standard InChI is InChI=1S/C12H23NO2/c1-9-5-7-11(8-6-9)13(3)10(2)12(14)15-4/h9-11H,5-8H2,1-4H3. The Morgan fingerprint density at radius 2 is 1.87 bits per heavy atom. The highest BCUT2D eigenvalue weighted by Crippen LogP contribution is 2.27. The summed E-state index contributed by atoms with van der Waals surface area (Å²) in [5, 5.41) is 0. The minimum absolute atomic E-state index is 0.117. The molecule has 3 nitrogen and oxygen atoms in total. The Kier molecular flexibility index (Phi) is 4.58. The quantitative estimate of drug-likeness (QED) is 0.672. The van der Waals surface area contributed by atoms with E-state index in [4.69, 9.17) is 4.74 Å². The van der Waals surface area contributed by atoms with Gasteiger partial charge in [0.1, 0.15) is 6.04 Å². The van der Waals surface area contributed by atoms with Crippen LogP contribution in [0.15, 0.2) is 0 Å². The summed E-state index contributed by atoms with van der Waals surface area (Å²) < 4.78 is 4.76. The topological polar surface area (TPSA) is 29.5 Å². The molecule has 0 aromatic heterocycles. The van der Waals surface area contributed by atoms with Crippen LogP contribution in [-0.2, 0) is 9.53 Å². The van der Waals surface area contributed by atoms with Crippen LogP contribution >= 0.6 is 0 Å². The van der Waals surface area contributed by atoms with Crippen LogP contribution in [0.1, 0.15) is 39.5 Å². The smallest absolute Gasteiger partial charge is 0.322 e. The second-order valence-electron chi connectivity index (χ2n) is 4.78. The summed E-state index contributed by atoms with van der Waals surface area (Å²) in [6, 6.07) is 0.434. The van der Waals surface area contributed by atoms with Gasteiger partial charge in [0.05, 0.1) is 7.11 Å². The van der Waals surface area contributed by atoms with Gasteiger partial charge < -0.3 is 4.74 Å². The summed E-state index contributed by atoms with van der Waals surface area (Å²) in [6.45, 7) is 4.23. The highest BCUT2D eigenvalue weighted by molar-refractivity contribution is 5.75. The third-order valence-corrected chi connectivity index (χ3v) is 3.71. The summed E-state index contributed by atoms with van der Waals surface area (Å²) in [4.78, 5) is 13.6. The molecule has 1 rings (SSSR count). The number of esters is 1. The van der Waals surface area contributed by atoms with E-state index in [1.165, 1.54) is 32.8 Å². The lowest BCUT2D eigenvalue weighted by atomic mass is 9.86. The molecule has 1 saturated carbocycles. The van der Waals surface area contributed by atoms with Crippen LogP contribution in [-0.4, -0.2) is 37.1 Å². The number of hydrogen-bond acceptors (Lipinski definition) is 3. The predicted octanol–water partition coefficient (Wildman–Crippen LogP) is 2.06. The first-order valence-corrected chi connectivity index (χ1v) is 5.86. The third-order valence-electron chi connectivity index (χ3n) is 3.71. The fraction of sp³-hybridized carbons (Fsp3) is 0.917. The first-order chi connectivity index (χ1) is 7.06. The van der Waals surface area contributed by atoms with Gasteiger partial charge in [0.2, 0.25) is 0 Å². The first-order valence-electron chi connectivity index (χ1n) is 5.86. The van der Waals surface area contributed by atoms with Crippen molar-refractivity contribution in [2.45, 2.75) is 51.6 Å². The SMILES string of the molecule is COC(=O)C(C)N(C)C1CCC(C)CC1. The second kappa shape index (κ2) is 5.50. The van der Waals surface area contributed by atoms with Crippen LogP contribution in [0.3, 0.4) is 0 Å². The van der Waals surface area contributed by atoms with Gasteiger partial charge in [-0.3, -0.25) is 9.69 Å². The van der Waals surface area contributed by atoms with Crippen molar-refractivity contribution in [3.05, 3.63) is 0 Å². The van der Waals surface area contributed by atoms with Crippen molar-refractivity contribution in [2.24, 2.45) is 5.92 Å². The Morgan fingerprint density at radius 1 is 1.33 bits per heavy atom. The van der Waals surface area contributed by atoms with Crippen molar-refractivity contribution in [2.75, 3.05) is 14.2 Å².